The summed E-state index contributed by atoms with van der Waals surface area (Å²) in [6, 6.07) is 16.3. The van der Waals surface area contributed by atoms with E-state index in [1.165, 1.54) is 29.1 Å². The molecule has 13 heteroatoms. The molecule has 0 amide bonds. The molecule has 0 aliphatic carbocycles. The molecule has 0 saturated carbocycles. The van der Waals surface area contributed by atoms with Crippen molar-refractivity contribution in [1.29, 1.82) is 5.26 Å². The molecule has 11 nitrogen and oxygen atoms in total. The Bertz CT molecular complexity index is 2100. The summed E-state index contributed by atoms with van der Waals surface area (Å²) in [5.74, 6) is -0.595. The summed E-state index contributed by atoms with van der Waals surface area (Å²) in [4.78, 5) is 17.0. The van der Waals surface area contributed by atoms with E-state index in [1.54, 1.807) is 41.1 Å². The number of nitrogens with one attached hydrogen (secondary N) is 2. The predicted molar refractivity (Wildman–Crippen MR) is 136 cm³/mol. The Morgan fingerprint density at radius 3 is 2.66 bits per heavy atom. The highest BCUT2D eigenvalue weighted by molar-refractivity contribution is 7.90. The minimum atomic E-state index is -3.62. The number of fused-ring (bicyclic) bond motifs is 2. The molecular weight excluding hydrogens is 511 g/mol. The van der Waals surface area contributed by atoms with Crippen molar-refractivity contribution < 1.29 is 12.8 Å². The van der Waals surface area contributed by atoms with Crippen LogP contribution in [0.1, 0.15) is 11.1 Å². The first-order chi connectivity index (χ1) is 18.2. The van der Waals surface area contributed by atoms with Gasteiger partial charge in [-0.25, -0.2) is 22.3 Å². The molecule has 0 fully saturated rings. The largest absolute Gasteiger partial charge is 0.323 e. The number of halogens is 1. The van der Waals surface area contributed by atoms with Crippen molar-refractivity contribution in [1.82, 2.24) is 34.7 Å². The molecule has 0 spiro atoms. The molecule has 3 heterocycles. The van der Waals surface area contributed by atoms with Gasteiger partial charge in [0.15, 0.2) is 15.7 Å². The van der Waals surface area contributed by atoms with Crippen LogP contribution in [0.2, 0.25) is 0 Å². The SMILES string of the molecule is CS(=O)(=O)c1cc(C#N)ccc1Cn1nccc1-c1cc(F)c2nnn(-c3ccc4[nH]c(=O)[nH]c4c3)c2c1. The van der Waals surface area contributed by atoms with Crippen LogP contribution < -0.4 is 5.69 Å². The van der Waals surface area contributed by atoms with Crippen molar-refractivity contribution in [2.45, 2.75) is 11.4 Å². The maximum Gasteiger partial charge on any atom is 0.323 e. The summed E-state index contributed by atoms with van der Waals surface area (Å²) >= 11 is 0. The van der Waals surface area contributed by atoms with Crippen LogP contribution in [0.5, 0.6) is 0 Å². The summed E-state index contributed by atoms with van der Waals surface area (Å²) in [5, 5.41) is 21.6. The van der Waals surface area contributed by atoms with E-state index in [0.717, 1.165) is 6.26 Å². The van der Waals surface area contributed by atoms with Gasteiger partial charge in [0, 0.05) is 18.0 Å². The standard InChI is InChI=1S/C25H17FN8O3S/c1-38(36,37)23-8-14(12-27)2-3-15(23)13-33-21(6-7-28-33)16-9-18(26)24-22(10-16)34(32-31-24)17-4-5-19-20(11-17)30-25(35)29-19/h2-11H,13H2,1H3,(H2,29,30,35). The summed E-state index contributed by atoms with van der Waals surface area (Å²) in [6.45, 7) is 0.0745. The quantitative estimate of drug-likeness (QED) is 0.349. The number of benzene rings is 3. The van der Waals surface area contributed by atoms with Gasteiger partial charge in [-0.3, -0.25) is 4.68 Å². The minimum absolute atomic E-state index is 0.0279. The zero-order valence-electron chi connectivity index (χ0n) is 19.7. The first kappa shape index (κ1) is 23.3. The molecule has 188 valence electrons. The number of imidazole rings is 1. The van der Waals surface area contributed by atoms with Gasteiger partial charge in [-0.1, -0.05) is 11.3 Å². The van der Waals surface area contributed by atoms with Gasteiger partial charge in [0.25, 0.3) is 0 Å². The normalized spacial score (nSPS) is 11.8. The fourth-order valence-electron chi connectivity index (χ4n) is 4.44. The van der Waals surface area contributed by atoms with Crippen LogP contribution in [0.25, 0.3) is 39.0 Å². The zero-order valence-corrected chi connectivity index (χ0v) is 20.5. The highest BCUT2D eigenvalue weighted by Gasteiger charge is 2.19. The van der Waals surface area contributed by atoms with Crippen LogP contribution in [0.15, 0.2) is 70.5 Å². The van der Waals surface area contributed by atoms with Crippen molar-refractivity contribution >= 4 is 31.9 Å². The number of sulfone groups is 1. The summed E-state index contributed by atoms with van der Waals surface area (Å²) < 4.78 is 43.0. The third-order valence-corrected chi connectivity index (χ3v) is 7.36. The summed E-state index contributed by atoms with van der Waals surface area (Å²) in [6.07, 6.45) is 2.61. The molecule has 0 unspecified atom stereocenters. The summed E-state index contributed by atoms with van der Waals surface area (Å²) in [7, 11) is -3.62. The molecule has 0 radical (unpaired) electrons. The maximum absolute atomic E-state index is 15.2. The molecule has 0 aliphatic heterocycles. The first-order valence-corrected chi connectivity index (χ1v) is 13.1. The minimum Gasteiger partial charge on any atom is -0.306 e. The molecule has 38 heavy (non-hydrogen) atoms. The number of hydrogen-bond donors (Lipinski definition) is 2. The third-order valence-electron chi connectivity index (χ3n) is 6.18. The topological polar surface area (TPSA) is 155 Å². The molecule has 0 aliphatic rings. The van der Waals surface area contributed by atoms with Crippen molar-refractivity contribution in [3.63, 3.8) is 0 Å². The number of H-pyrrole nitrogens is 2. The second-order valence-electron chi connectivity index (χ2n) is 8.72. The fraction of sp³-hybridized carbons (Fsp3) is 0.0800. The van der Waals surface area contributed by atoms with Crippen LogP contribution in [0.3, 0.4) is 0 Å². The van der Waals surface area contributed by atoms with Gasteiger partial charge in [-0.15, -0.1) is 5.10 Å². The fourth-order valence-corrected chi connectivity index (χ4v) is 5.39. The lowest BCUT2D eigenvalue weighted by Gasteiger charge is -2.12. The van der Waals surface area contributed by atoms with E-state index >= 15 is 4.39 Å². The molecule has 0 atom stereocenters. The van der Waals surface area contributed by atoms with Crippen LogP contribution in [-0.2, 0) is 16.4 Å². The van der Waals surface area contributed by atoms with Crippen LogP contribution >= 0.6 is 0 Å². The number of aromatic amines is 2. The molecule has 0 bridgehead atoms. The third kappa shape index (κ3) is 3.93. The molecule has 6 aromatic rings. The second kappa shape index (κ2) is 8.49. The van der Waals surface area contributed by atoms with E-state index in [2.05, 4.69) is 25.4 Å². The van der Waals surface area contributed by atoms with Crippen molar-refractivity contribution in [3.05, 3.63) is 88.2 Å². The lowest BCUT2D eigenvalue weighted by Crippen LogP contribution is -2.09. The Balaban J connectivity index is 1.45. The Morgan fingerprint density at radius 2 is 1.87 bits per heavy atom. The van der Waals surface area contributed by atoms with E-state index in [-0.39, 0.29) is 28.2 Å². The smallest absolute Gasteiger partial charge is 0.306 e. The number of nitriles is 1. The first-order valence-electron chi connectivity index (χ1n) is 11.2. The highest BCUT2D eigenvalue weighted by Crippen LogP contribution is 2.29. The maximum atomic E-state index is 15.2. The van der Waals surface area contributed by atoms with Crippen LogP contribution in [-0.4, -0.2) is 49.4 Å². The monoisotopic (exact) mass is 528 g/mol. The lowest BCUT2D eigenvalue weighted by molar-refractivity contribution is 0.598. The van der Waals surface area contributed by atoms with Gasteiger partial charge in [0.05, 0.1) is 51.0 Å². The zero-order chi connectivity index (χ0) is 26.6. The second-order valence-corrected chi connectivity index (χ2v) is 10.7. The number of nitrogens with zero attached hydrogens (tertiary/aromatic N) is 6. The average molecular weight is 529 g/mol. The van der Waals surface area contributed by atoms with E-state index in [1.807, 2.05) is 6.07 Å². The van der Waals surface area contributed by atoms with Crippen LogP contribution in [0, 0.1) is 17.1 Å². The lowest BCUT2D eigenvalue weighted by atomic mass is 10.1. The van der Waals surface area contributed by atoms with Crippen molar-refractivity contribution in [2.75, 3.05) is 6.26 Å². The van der Waals surface area contributed by atoms with E-state index in [4.69, 9.17) is 0 Å². The highest BCUT2D eigenvalue weighted by atomic mass is 32.2. The molecular formula is C25H17FN8O3S. The van der Waals surface area contributed by atoms with Gasteiger partial charge < -0.3 is 9.97 Å². The Kier molecular flexibility index (Phi) is 5.21. The molecule has 6 rings (SSSR count). The van der Waals surface area contributed by atoms with Gasteiger partial charge in [0.2, 0.25) is 0 Å². The summed E-state index contributed by atoms with van der Waals surface area (Å²) in [5.41, 5.74) is 3.54. The van der Waals surface area contributed by atoms with E-state index < -0.39 is 15.7 Å². The molecule has 0 saturated heterocycles. The van der Waals surface area contributed by atoms with Gasteiger partial charge in [0.1, 0.15) is 5.52 Å². The van der Waals surface area contributed by atoms with Gasteiger partial charge >= 0.3 is 5.69 Å². The number of rotatable bonds is 5. The number of aromatic nitrogens is 7. The Hall–Kier alpha value is -5.09. The van der Waals surface area contributed by atoms with Crippen LogP contribution in [0.4, 0.5) is 4.39 Å². The predicted octanol–water partition coefficient (Wildman–Crippen LogP) is 2.92. The van der Waals surface area contributed by atoms with Crippen molar-refractivity contribution in [2.24, 2.45) is 0 Å². The van der Waals surface area contributed by atoms with E-state index in [9.17, 15) is 18.5 Å². The average Bonchev–Trinajstić information content (AvgIpc) is 3.60. The Labute approximate surface area is 213 Å². The van der Waals surface area contributed by atoms with E-state index in [0.29, 0.717) is 39.1 Å². The molecule has 2 N–H and O–H groups in total. The number of hydrogen-bond acceptors (Lipinski definition) is 7. The molecule has 3 aromatic heterocycles. The van der Waals surface area contributed by atoms with Gasteiger partial charge in [-0.2, -0.15) is 10.4 Å². The van der Waals surface area contributed by atoms with Gasteiger partial charge in [-0.05, 0) is 54.1 Å². The molecule has 3 aromatic carbocycles. The Morgan fingerprint density at radius 1 is 1.05 bits per heavy atom. The van der Waals surface area contributed by atoms with Crippen molar-refractivity contribution in [3.8, 4) is 23.0 Å².